The molecule has 9 nitrogen and oxygen atoms in total. The van der Waals surface area contributed by atoms with Gasteiger partial charge < -0.3 is 14.7 Å². The Labute approximate surface area is 145 Å². The number of aromatic nitrogens is 2. The van der Waals surface area contributed by atoms with E-state index in [0.717, 1.165) is 30.5 Å². The number of urea groups is 1. The van der Waals surface area contributed by atoms with E-state index in [1.54, 1.807) is 19.0 Å². The van der Waals surface area contributed by atoms with Crippen LogP contribution in [0.1, 0.15) is 18.4 Å². The molecule has 0 bridgehead atoms. The largest absolute Gasteiger partial charge is 0.356 e. The highest BCUT2D eigenvalue weighted by Crippen LogP contribution is 2.25. The van der Waals surface area contributed by atoms with Crippen molar-refractivity contribution in [3.8, 4) is 6.07 Å². The molecule has 3 heterocycles. The SMILES string of the molecule is CN1CCN(C2CCN(c3c(C#N)c(=O)n(C)c(=O)n3C)CC2)C1=O. The lowest BCUT2D eigenvalue weighted by atomic mass is 10.0. The Kier molecular flexibility index (Phi) is 4.29. The monoisotopic (exact) mass is 346 g/mol. The third kappa shape index (κ3) is 2.67. The zero-order valence-electron chi connectivity index (χ0n) is 14.7. The van der Waals surface area contributed by atoms with E-state index < -0.39 is 11.2 Å². The van der Waals surface area contributed by atoms with Gasteiger partial charge in [0.15, 0.2) is 5.56 Å². The van der Waals surface area contributed by atoms with Gasteiger partial charge in [-0.15, -0.1) is 0 Å². The average Bonchev–Trinajstić information content (AvgIpc) is 2.95. The topological polar surface area (TPSA) is 94.6 Å². The van der Waals surface area contributed by atoms with E-state index in [2.05, 4.69) is 0 Å². The van der Waals surface area contributed by atoms with Crippen LogP contribution in [-0.4, -0.2) is 64.2 Å². The maximum atomic E-state index is 12.2. The third-order valence-corrected chi connectivity index (χ3v) is 5.20. The van der Waals surface area contributed by atoms with Crippen LogP contribution >= 0.6 is 0 Å². The molecule has 25 heavy (non-hydrogen) atoms. The molecule has 0 saturated carbocycles. The second-order valence-corrected chi connectivity index (χ2v) is 6.63. The molecule has 1 aromatic heterocycles. The predicted molar refractivity (Wildman–Crippen MR) is 91.6 cm³/mol. The minimum absolute atomic E-state index is 0.0139. The predicted octanol–water partition coefficient (Wildman–Crippen LogP) is -0.708. The van der Waals surface area contributed by atoms with Gasteiger partial charge in [0, 0.05) is 53.4 Å². The highest BCUT2D eigenvalue weighted by atomic mass is 16.2. The van der Waals surface area contributed by atoms with E-state index in [1.807, 2.05) is 15.9 Å². The van der Waals surface area contributed by atoms with E-state index in [-0.39, 0.29) is 17.6 Å². The van der Waals surface area contributed by atoms with Gasteiger partial charge in [-0.3, -0.25) is 13.9 Å². The van der Waals surface area contributed by atoms with E-state index in [1.165, 1.54) is 11.6 Å². The standard InChI is InChI=1S/C16H22N6O3/c1-18-8-9-22(15(18)24)11-4-6-21(7-5-11)13-12(10-17)14(23)20(3)16(25)19(13)2/h11H,4-9H2,1-3H3. The summed E-state index contributed by atoms with van der Waals surface area (Å²) < 4.78 is 2.31. The van der Waals surface area contributed by atoms with Crippen LogP contribution in [0.3, 0.4) is 0 Å². The van der Waals surface area contributed by atoms with Crippen molar-refractivity contribution in [3.63, 3.8) is 0 Å². The Hall–Kier alpha value is -2.76. The lowest BCUT2D eigenvalue weighted by Gasteiger charge is -2.38. The lowest BCUT2D eigenvalue weighted by Crippen LogP contribution is -2.49. The summed E-state index contributed by atoms with van der Waals surface area (Å²) >= 11 is 0. The number of nitriles is 1. The molecule has 134 valence electrons. The van der Waals surface area contributed by atoms with Gasteiger partial charge in [0.05, 0.1) is 0 Å². The molecule has 0 radical (unpaired) electrons. The molecule has 1 aromatic rings. The molecular formula is C16H22N6O3. The van der Waals surface area contributed by atoms with E-state index >= 15 is 0 Å². The zero-order valence-corrected chi connectivity index (χ0v) is 14.7. The number of carbonyl (C=O) groups excluding carboxylic acids is 1. The molecule has 2 fully saturated rings. The molecule has 2 amide bonds. The summed E-state index contributed by atoms with van der Waals surface area (Å²) in [4.78, 5) is 42.1. The van der Waals surface area contributed by atoms with Gasteiger partial charge >= 0.3 is 11.7 Å². The summed E-state index contributed by atoms with van der Waals surface area (Å²) in [6, 6.07) is 2.15. The summed E-state index contributed by atoms with van der Waals surface area (Å²) in [5.74, 6) is 0.374. The highest BCUT2D eigenvalue weighted by Gasteiger charge is 2.34. The maximum Gasteiger partial charge on any atom is 0.332 e. The summed E-state index contributed by atoms with van der Waals surface area (Å²) in [6.45, 7) is 2.65. The van der Waals surface area contributed by atoms with Gasteiger partial charge in [0.25, 0.3) is 5.56 Å². The van der Waals surface area contributed by atoms with Crippen molar-refractivity contribution < 1.29 is 4.79 Å². The van der Waals surface area contributed by atoms with Gasteiger partial charge in [-0.25, -0.2) is 9.59 Å². The van der Waals surface area contributed by atoms with Crippen LogP contribution < -0.4 is 16.1 Å². The van der Waals surface area contributed by atoms with E-state index in [0.29, 0.717) is 18.9 Å². The average molecular weight is 346 g/mol. The normalized spacial score (nSPS) is 18.8. The Morgan fingerprint density at radius 1 is 0.960 bits per heavy atom. The van der Waals surface area contributed by atoms with Crippen LogP contribution in [0.25, 0.3) is 0 Å². The molecule has 0 N–H and O–H groups in total. The smallest absolute Gasteiger partial charge is 0.332 e. The van der Waals surface area contributed by atoms with Crippen molar-refractivity contribution in [2.24, 2.45) is 14.1 Å². The number of anilines is 1. The lowest BCUT2D eigenvalue weighted by molar-refractivity contribution is 0.173. The first kappa shape index (κ1) is 17.1. The second kappa shape index (κ2) is 6.27. The molecule has 0 aliphatic carbocycles. The Morgan fingerprint density at radius 3 is 2.12 bits per heavy atom. The van der Waals surface area contributed by atoms with Crippen molar-refractivity contribution in [3.05, 3.63) is 26.4 Å². The van der Waals surface area contributed by atoms with Crippen molar-refractivity contribution in [2.75, 3.05) is 38.1 Å². The fourth-order valence-corrected chi connectivity index (χ4v) is 3.70. The first-order valence-electron chi connectivity index (χ1n) is 8.33. The maximum absolute atomic E-state index is 12.2. The van der Waals surface area contributed by atoms with Crippen molar-refractivity contribution in [2.45, 2.75) is 18.9 Å². The van der Waals surface area contributed by atoms with E-state index in [4.69, 9.17) is 0 Å². The minimum Gasteiger partial charge on any atom is -0.356 e. The summed E-state index contributed by atoms with van der Waals surface area (Å²) in [6.07, 6.45) is 1.49. The van der Waals surface area contributed by atoms with Gasteiger partial charge in [0.2, 0.25) is 0 Å². The van der Waals surface area contributed by atoms with Crippen LogP contribution in [0.5, 0.6) is 0 Å². The first-order valence-corrected chi connectivity index (χ1v) is 8.33. The molecule has 0 atom stereocenters. The molecule has 2 saturated heterocycles. The summed E-state index contributed by atoms with van der Waals surface area (Å²) in [5, 5.41) is 9.39. The molecule has 3 rings (SSSR count). The van der Waals surface area contributed by atoms with Gasteiger partial charge in [-0.1, -0.05) is 0 Å². The number of rotatable bonds is 2. The number of amides is 2. The van der Waals surface area contributed by atoms with Gasteiger partial charge in [0.1, 0.15) is 11.9 Å². The van der Waals surface area contributed by atoms with Crippen molar-refractivity contribution >= 4 is 11.8 Å². The van der Waals surface area contributed by atoms with Crippen LogP contribution in [0.2, 0.25) is 0 Å². The highest BCUT2D eigenvalue weighted by molar-refractivity contribution is 5.76. The number of nitrogens with zero attached hydrogens (tertiary/aromatic N) is 6. The Bertz CT molecular complexity index is 856. The fourth-order valence-electron chi connectivity index (χ4n) is 3.70. The molecule has 2 aliphatic heterocycles. The molecule has 0 aromatic carbocycles. The van der Waals surface area contributed by atoms with Gasteiger partial charge in [-0.2, -0.15) is 5.26 Å². The van der Waals surface area contributed by atoms with Crippen LogP contribution in [0.15, 0.2) is 9.59 Å². The fraction of sp³-hybridized carbons (Fsp3) is 0.625. The molecule has 2 aliphatic rings. The number of piperidine rings is 1. The Morgan fingerprint density at radius 2 is 1.60 bits per heavy atom. The second-order valence-electron chi connectivity index (χ2n) is 6.63. The third-order valence-electron chi connectivity index (χ3n) is 5.20. The molecule has 0 spiro atoms. The van der Waals surface area contributed by atoms with Crippen molar-refractivity contribution in [1.82, 2.24) is 18.9 Å². The first-order chi connectivity index (χ1) is 11.9. The summed E-state index contributed by atoms with van der Waals surface area (Å²) in [7, 11) is 4.74. The number of carbonyl (C=O) groups is 1. The van der Waals surface area contributed by atoms with Crippen LogP contribution in [-0.2, 0) is 14.1 Å². The zero-order chi connectivity index (χ0) is 18.3. The summed E-state index contributed by atoms with van der Waals surface area (Å²) in [5.41, 5.74) is -1.03. The minimum atomic E-state index is -0.570. The molecule has 0 unspecified atom stereocenters. The number of hydrogen-bond acceptors (Lipinski definition) is 5. The van der Waals surface area contributed by atoms with Crippen molar-refractivity contribution in [1.29, 1.82) is 5.26 Å². The Balaban J connectivity index is 1.85. The number of hydrogen-bond donors (Lipinski definition) is 0. The van der Waals surface area contributed by atoms with Crippen LogP contribution in [0, 0.1) is 11.3 Å². The quantitative estimate of drug-likeness (QED) is 0.705. The number of likely N-dealkylation sites (N-methyl/N-ethyl adjacent to an activating group) is 1. The van der Waals surface area contributed by atoms with E-state index in [9.17, 15) is 19.6 Å². The molecule has 9 heteroatoms. The van der Waals surface area contributed by atoms with Gasteiger partial charge in [-0.05, 0) is 12.8 Å². The van der Waals surface area contributed by atoms with Crippen LogP contribution in [0.4, 0.5) is 10.6 Å². The molecular weight excluding hydrogens is 324 g/mol.